The van der Waals surface area contributed by atoms with E-state index < -0.39 is 0 Å². The quantitative estimate of drug-likeness (QED) is 0.647. The van der Waals surface area contributed by atoms with Crippen LogP contribution in [0.5, 0.6) is 5.88 Å². The minimum absolute atomic E-state index is 0.0898. The van der Waals surface area contributed by atoms with Crippen molar-refractivity contribution in [2.75, 3.05) is 19.0 Å². The monoisotopic (exact) mass is 334 g/mol. The van der Waals surface area contributed by atoms with Crippen molar-refractivity contribution in [1.29, 1.82) is 0 Å². The van der Waals surface area contributed by atoms with E-state index in [2.05, 4.69) is 27.2 Å². The number of methoxy groups -OCH3 is 1. The number of aliphatic hydroxyl groups excluding tert-OH is 1. The fraction of sp³-hybridized carbons (Fsp3) is 0.375. The molecule has 0 radical (unpaired) electrons. The minimum atomic E-state index is 0.0898. The fourth-order valence-electron chi connectivity index (χ4n) is 2.02. The summed E-state index contributed by atoms with van der Waals surface area (Å²) in [7, 11) is 3.36. The number of hydrogen-bond donors (Lipinski definition) is 2. The molecule has 2 aromatic heterocycles. The number of ether oxygens (including phenoxy) is 1. The fourth-order valence-corrected chi connectivity index (χ4v) is 2.18. The van der Waals surface area contributed by atoms with Gasteiger partial charge < -0.3 is 15.2 Å². The molecule has 0 fully saturated rings. The number of rotatable bonds is 5. The van der Waals surface area contributed by atoms with Gasteiger partial charge in [0.25, 0.3) is 0 Å². The highest BCUT2D eigenvalue weighted by Gasteiger charge is 2.08. The summed E-state index contributed by atoms with van der Waals surface area (Å²) in [4.78, 5) is 4.07. The highest BCUT2D eigenvalue weighted by atomic mass is 35.5. The molecule has 0 bridgehead atoms. The number of nitrogens with zero attached hydrogens (tertiary/aromatic N) is 3. The van der Waals surface area contributed by atoms with Crippen LogP contribution in [-0.2, 0) is 7.05 Å². The van der Waals surface area contributed by atoms with Gasteiger partial charge in [-0.15, -0.1) is 5.10 Å². The Bertz CT molecular complexity index is 733. The minimum Gasteiger partial charge on any atom is -0.479 e. The molecule has 2 rings (SSSR count). The van der Waals surface area contributed by atoms with Gasteiger partial charge in [0.05, 0.1) is 18.4 Å². The van der Waals surface area contributed by atoms with Crippen LogP contribution in [0.15, 0.2) is 18.5 Å². The number of hydrogen-bond acceptors (Lipinski definition) is 5. The first-order chi connectivity index (χ1) is 11.0. The average Bonchev–Trinajstić information content (AvgIpc) is 2.87. The van der Waals surface area contributed by atoms with Crippen molar-refractivity contribution >= 4 is 17.3 Å². The Morgan fingerprint density at radius 2 is 2.17 bits per heavy atom. The van der Waals surface area contributed by atoms with Gasteiger partial charge in [-0.05, 0) is 19.4 Å². The number of nitrogens with one attached hydrogen (secondary N) is 1. The maximum absolute atomic E-state index is 9.02. The maximum Gasteiger partial charge on any atom is 0.248 e. The molecule has 0 saturated carbocycles. The van der Waals surface area contributed by atoms with Crippen molar-refractivity contribution < 1.29 is 9.84 Å². The van der Waals surface area contributed by atoms with Crippen LogP contribution in [0.2, 0.25) is 5.15 Å². The van der Waals surface area contributed by atoms with Crippen LogP contribution < -0.4 is 10.1 Å². The summed E-state index contributed by atoms with van der Waals surface area (Å²) in [6.07, 6.45) is 4.03. The molecule has 1 atom stereocenters. The molecule has 122 valence electrons. The van der Waals surface area contributed by atoms with E-state index in [1.807, 2.05) is 6.92 Å². The second-order valence-corrected chi connectivity index (χ2v) is 5.47. The number of aliphatic hydroxyl groups is 1. The van der Waals surface area contributed by atoms with Crippen LogP contribution in [0.1, 0.15) is 24.5 Å². The van der Waals surface area contributed by atoms with E-state index in [4.69, 9.17) is 21.4 Å². The third-order valence-corrected chi connectivity index (χ3v) is 3.36. The number of aromatic nitrogens is 3. The molecule has 0 amide bonds. The van der Waals surface area contributed by atoms with Gasteiger partial charge in [-0.25, -0.2) is 4.98 Å². The summed E-state index contributed by atoms with van der Waals surface area (Å²) >= 11 is 5.96. The van der Waals surface area contributed by atoms with Crippen molar-refractivity contribution in [2.24, 2.45) is 7.05 Å². The van der Waals surface area contributed by atoms with E-state index in [0.29, 0.717) is 28.6 Å². The smallest absolute Gasteiger partial charge is 0.248 e. The zero-order chi connectivity index (χ0) is 16.8. The summed E-state index contributed by atoms with van der Waals surface area (Å²) in [6.45, 7) is 2.09. The van der Waals surface area contributed by atoms with Crippen LogP contribution in [0.3, 0.4) is 0 Å². The molecule has 6 nitrogen and oxygen atoms in total. The standard InChI is InChI=1S/C16H19ClN4O2/c1-11(6-7-22)19-14-8-15(17)18-9-12(14)4-5-13-10-21(2)20-16(13)23-3/h8-11,22H,6-7H2,1-3H3,(H,18,19)/t11-/m0/s1. The molecule has 2 aromatic rings. The van der Waals surface area contributed by atoms with Gasteiger partial charge in [0.1, 0.15) is 10.7 Å². The van der Waals surface area contributed by atoms with Gasteiger partial charge in [0.15, 0.2) is 0 Å². The van der Waals surface area contributed by atoms with Crippen molar-refractivity contribution in [1.82, 2.24) is 14.8 Å². The summed E-state index contributed by atoms with van der Waals surface area (Å²) in [5.74, 6) is 6.58. The number of halogens is 1. The largest absolute Gasteiger partial charge is 0.479 e. The Morgan fingerprint density at radius 1 is 1.43 bits per heavy atom. The van der Waals surface area contributed by atoms with Crippen molar-refractivity contribution in [3.05, 3.63) is 34.7 Å². The van der Waals surface area contributed by atoms with E-state index in [1.54, 1.807) is 37.3 Å². The predicted molar refractivity (Wildman–Crippen MR) is 89.8 cm³/mol. The second-order valence-electron chi connectivity index (χ2n) is 5.09. The summed E-state index contributed by atoms with van der Waals surface area (Å²) in [6, 6.07) is 1.81. The lowest BCUT2D eigenvalue weighted by Gasteiger charge is -2.15. The molecule has 0 aliphatic rings. The SMILES string of the molecule is COc1nn(C)cc1C#Cc1cnc(Cl)cc1N[C@@H](C)CCO. The molecule has 2 heterocycles. The molecule has 0 aliphatic carbocycles. The lowest BCUT2D eigenvalue weighted by atomic mass is 10.2. The molecule has 0 spiro atoms. The Morgan fingerprint density at radius 3 is 2.87 bits per heavy atom. The highest BCUT2D eigenvalue weighted by Crippen LogP contribution is 2.20. The Kier molecular flexibility index (Phi) is 5.85. The van der Waals surface area contributed by atoms with Crippen LogP contribution in [0.25, 0.3) is 0 Å². The third-order valence-electron chi connectivity index (χ3n) is 3.15. The number of aryl methyl sites for hydroxylation is 1. The summed E-state index contributed by atoms with van der Waals surface area (Å²) in [5, 5.41) is 16.8. The molecular formula is C16H19ClN4O2. The van der Waals surface area contributed by atoms with Crippen LogP contribution >= 0.6 is 11.6 Å². The Labute approximate surface area is 140 Å². The predicted octanol–water partition coefficient (Wildman–Crippen LogP) is 2.06. The van der Waals surface area contributed by atoms with Gasteiger partial charge in [-0.1, -0.05) is 23.4 Å². The van der Waals surface area contributed by atoms with Crippen molar-refractivity contribution in [2.45, 2.75) is 19.4 Å². The zero-order valence-electron chi connectivity index (χ0n) is 13.3. The topological polar surface area (TPSA) is 72.2 Å². The van der Waals surface area contributed by atoms with Crippen LogP contribution in [0, 0.1) is 11.8 Å². The van der Waals surface area contributed by atoms with E-state index in [0.717, 1.165) is 5.69 Å². The average molecular weight is 335 g/mol. The molecule has 23 heavy (non-hydrogen) atoms. The summed E-state index contributed by atoms with van der Waals surface area (Å²) < 4.78 is 6.83. The normalized spacial score (nSPS) is 11.5. The second kappa shape index (κ2) is 7.86. The Balaban J connectivity index is 2.31. The van der Waals surface area contributed by atoms with E-state index in [1.165, 1.54) is 0 Å². The molecule has 0 aromatic carbocycles. The van der Waals surface area contributed by atoms with Gasteiger partial charge in [-0.3, -0.25) is 4.68 Å². The molecule has 0 aliphatic heterocycles. The zero-order valence-corrected chi connectivity index (χ0v) is 14.1. The van der Waals surface area contributed by atoms with E-state index in [-0.39, 0.29) is 12.6 Å². The molecule has 7 heteroatoms. The first-order valence-electron chi connectivity index (χ1n) is 7.16. The first-order valence-corrected chi connectivity index (χ1v) is 7.54. The molecular weight excluding hydrogens is 316 g/mol. The summed E-state index contributed by atoms with van der Waals surface area (Å²) in [5.41, 5.74) is 2.19. The molecule has 0 saturated heterocycles. The highest BCUT2D eigenvalue weighted by molar-refractivity contribution is 6.29. The molecule has 2 N–H and O–H groups in total. The van der Waals surface area contributed by atoms with Gasteiger partial charge in [0.2, 0.25) is 5.88 Å². The Hall–Kier alpha value is -2.23. The van der Waals surface area contributed by atoms with Crippen LogP contribution in [-0.4, -0.2) is 39.6 Å². The lowest BCUT2D eigenvalue weighted by molar-refractivity contribution is 0.282. The van der Waals surface area contributed by atoms with Crippen LogP contribution in [0.4, 0.5) is 5.69 Å². The third kappa shape index (κ3) is 4.62. The van der Waals surface area contributed by atoms with E-state index in [9.17, 15) is 0 Å². The van der Waals surface area contributed by atoms with Gasteiger partial charge in [-0.2, -0.15) is 0 Å². The van der Waals surface area contributed by atoms with Gasteiger partial charge in [0, 0.05) is 32.1 Å². The van der Waals surface area contributed by atoms with Crippen molar-refractivity contribution in [3.8, 4) is 17.7 Å². The maximum atomic E-state index is 9.02. The van der Waals surface area contributed by atoms with Gasteiger partial charge >= 0.3 is 0 Å². The number of pyridine rings is 1. The number of anilines is 1. The van der Waals surface area contributed by atoms with Crippen molar-refractivity contribution in [3.63, 3.8) is 0 Å². The lowest BCUT2D eigenvalue weighted by Crippen LogP contribution is -2.17. The first kappa shape index (κ1) is 17.1. The van der Waals surface area contributed by atoms with E-state index >= 15 is 0 Å². The molecule has 0 unspecified atom stereocenters.